The zero-order valence-corrected chi connectivity index (χ0v) is 19.6. The second-order valence-electron chi connectivity index (χ2n) is 8.44. The van der Waals surface area contributed by atoms with Gasteiger partial charge >= 0.3 is 5.97 Å². The summed E-state index contributed by atoms with van der Waals surface area (Å²) in [5, 5.41) is 13.2. The SMILES string of the molecule is CCCC(=O)Nc1ccc2nc(N3CCN(Cc4ccccc4OC)CC3)cc(C(=O)O)c2c1. The minimum Gasteiger partial charge on any atom is -0.496 e. The van der Waals surface area contributed by atoms with Crippen molar-refractivity contribution in [2.24, 2.45) is 0 Å². The molecule has 178 valence electrons. The summed E-state index contributed by atoms with van der Waals surface area (Å²) in [6.45, 7) is 5.91. The van der Waals surface area contributed by atoms with Gasteiger partial charge in [-0.1, -0.05) is 25.1 Å². The van der Waals surface area contributed by atoms with Crippen LogP contribution in [0.2, 0.25) is 0 Å². The molecule has 3 aromatic rings. The van der Waals surface area contributed by atoms with E-state index in [0.29, 0.717) is 28.8 Å². The number of carbonyl (C=O) groups excluding carboxylic acids is 1. The fourth-order valence-electron chi connectivity index (χ4n) is 4.29. The van der Waals surface area contributed by atoms with Crippen LogP contribution >= 0.6 is 0 Å². The molecule has 1 aromatic heterocycles. The Morgan fingerprint density at radius 3 is 2.56 bits per heavy atom. The van der Waals surface area contributed by atoms with E-state index in [1.165, 1.54) is 0 Å². The van der Waals surface area contributed by atoms with Gasteiger partial charge in [0.25, 0.3) is 0 Å². The number of hydrogen-bond acceptors (Lipinski definition) is 6. The Kier molecular flexibility index (Phi) is 7.27. The van der Waals surface area contributed by atoms with Crippen molar-refractivity contribution in [1.82, 2.24) is 9.88 Å². The summed E-state index contributed by atoms with van der Waals surface area (Å²) in [5.74, 6) is 0.442. The molecule has 4 rings (SSSR count). The van der Waals surface area contributed by atoms with E-state index in [9.17, 15) is 14.7 Å². The molecule has 8 heteroatoms. The number of amides is 1. The molecule has 1 fully saturated rings. The number of aromatic carboxylic acids is 1. The number of pyridine rings is 1. The van der Waals surface area contributed by atoms with Crippen molar-refractivity contribution < 1.29 is 19.4 Å². The average Bonchev–Trinajstić information content (AvgIpc) is 2.84. The van der Waals surface area contributed by atoms with Gasteiger partial charge in [0.05, 0.1) is 18.2 Å². The number of benzene rings is 2. The molecular weight excluding hydrogens is 432 g/mol. The Morgan fingerprint density at radius 1 is 1.09 bits per heavy atom. The fraction of sp³-hybridized carbons (Fsp3) is 0.346. The second kappa shape index (κ2) is 10.5. The molecule has 34 heavy (non-hydrogen) atoms. The lowest BCUT2D eigenvalue weighted by Gasteiger charge is -2.35. The number of para-hydroxylation sites is 1. The highest BCUT2D eigenvalue weighted by Crippen LogP contribution is 2.27. The molecule has 1 amide bonds. The van der Waals surface area contributed by atoms with Gasteiger partial charge in [0.2, 0.25) is 5.91 Å². The number of piperazine rings is 1. The highest BCUT2D eigenvalue weighted by atomic mass is 16.5. The van der Waals surface area contributed by atoms with Crippen molar-refractivity contribution in [3.63, 3.8) is 0 Å². The van der Waals surface area contributed by atoms with Crippen LogP contribution in [0.4, 0.5) is 11.5 Å². The van der Waals surface area contributed by atoms with E-state index in [1.807, 2.05) is 25.1 Å². The first-order valence-corrected chi connectivity index (χ1v) is 11.6. The number of nitrogens with one attached hydrogen (secondary N) is 1. The number of carboxylic acid groups (broad SMARTS) is 1. The van der Waals surface area contributed by atoms with Gasteiger partial charge in [-0.2, -0.15) is 0 Å². The van der Waals surface area contributed by atoms with Crippen LogP contribution in [0.5, 0.6) is 5.75 Å². The average molecular weight is 463 g/mol. The zero-order chi connectivity index (χ0) is 24.1. The minimum atomic E-state index is -1.01. The third kappa shape index (κ3) is 5.28. The van der Waals surface area contributed by atoms with Crippen LogP contribution in [-0.2, 0) is 11.3 Å². The Labute approximate surface area is 199 Å². The van der Waals surface area contributed by atoms with Crippen LogP contribution in [0.15, 0.2) is 48.5 Å². The summed E-state index contributed by atoms with van der Waals surface area (Å²) in [7, 11) is 1.68. The highest BCUT2D eigenvalue weighted by molar-refractivity contribution is 6.05. The van der Waals surface area contributed by atoms with E-state index in [4.69, 9.17) is 9.72 Å². The van der Waals surface area contributed by atoms with E-state index in [0.717, 1.165) is 50.5 Å². The first-order valence-electron chi connectivity index (χ1n) is 11.6. The predicted molar refractivity (Wildman–Crippen MR) is 133 cm³/mol. The van der Waals surface area contributed by atoms with E-state index in [1.54, 1.807) is 31.4 Å². The Morgan fingerprint density at radius 2 is 1.85 bits per heavy atom. The molecular formula is C26H30N4O4. The smallest absolute Gasteiger partial charge is 0.336 e. The molecule has 1 aliphatic rings. The van der Waals surface area contributed by atoms with Crippen molar-refractivity contribution >= 4 is 34.3 Å². The molecule has 0 atom stereocenters. The lowest BCUT2D eigenvalue weighted by Crippen LogP contribution is -2.46. The lowest BCUT2D eigenvalue weighted by atomic mass is 10.1. The normalized spacial score (nSPS) is 14.2. The van der Waals surface area contributed by atoms with Gasteiger partial charge in [-0.25, -0.2) is 9.78 Å². The van der Waals surface area contributed by atoms with Gasteiger partial charge in [-0.3, -0.25) is 9.69 Å². The molecule has 0 aliphatic carbocycles. The summed E-state index contributed by atoms with van der Waals surface area (Å²) in [6.07, 6.45) is 1.17. The molecule has 0 unspecified atom stereocenters. The van der Waals surface area contributed by atoms with Gasteiger partial charge in [0.1, 0.15) is 11.6 Å². The number of aromatic nitrogens is 1. The van der Waals surface area contributed by atoms with E-state index < -0.39 is 5.97 Å². The monoisotopic (exact) mass is 462 g/mol. The molecule has 2 aromatic carbocycles. The molecule has 1 saturated heterocycles. The topological polar surface area (TPSA) is 95.0 Å². The quantitative estimate of drug-likeness (QED) is 0.522. The first kappa shape index (κ1) is 23.5. The van der Waals surface area contributed by atoms with Crippen molar-refractivity contribution in [2.45, 2.75) is 26.3 Å². The maximum Gasteiger partial charge on any atom is 0.336 e. The van der Waals surface area contributed by atoms with Crippen molar-refractivity contribution in [3.05, 3.63) is 59.7 Å². The Hall–Kier alpha value is -3.65. The maximum absolute atomic E-state index is 12.0. The van der Waals surface area contributed by atoms with E-state index in [-0.39, 0.29) is 11.5 Å². The summed E-state index contributed by atoms with van der Waals surface area (Å²) in [6, 6.07) is 14.9. The minimum absolute atomic E-state index is 0.0886. The van der Waals surface area contributed by atoms with Crippen molar-refractivity contribution in [3.8, 4) is 5.75 Å². The summed E-state index contributed by atoms with van der Waals surface area (Å²) < 4.78 is 5.47. The Balaban J connectivity index is 1.51. The molecule has 0 spiro atoms. The second-order valence-corrected chi connectivity index (χ2v) is 8.44. The third-order valence-corrected chi connectivity index (χ3v) is 6.07. The number of fused-ring (bicyclic) bond motifs is 1. The zero-order valence-electron chi connectivity index (χ0n) is 19.6. The summed E-state index contributed by atoms with van der Waals surface area (Å²) in [4.78, 5) is 33.2. The number of carbonyl (C=O) groups is 2. The van der Waals surface area contributed by atoms with Crippen LogP contribution in [0.1, 0.15) is 35.7 Å². The molecule has 0 radical (unpaired) electrons. The standard InChI is InChI=1S/C26H30N4O4/c1-3-6-25(31)27-19-9-10-22-20(15-19)21(26(32)33)16-24(28-22)30-13-11-29(12-14-30)17-18-7-4-5-8-23(18)34-2/h4-5,7-10,15-16H,3,6,11-14,17H2,1-2H3,(H,27,31)(H,32,33). The van der Waals surface area contributed by atoms with Crippen LogP contribution in [0, 0.1) is 0 Å². The van der Waals surface area contributed by atoms with Crippen LogP contribution in [0.3, 0.4) is 0 Å². The number of hydrogen-bond donors (Lipinski definition) is 2. The van der Waals surface area contributed by atoms with Crippen LogP contribution in [0.25, 0.3) is 10.9 Å². The van der Waals surface area contributed by atoms with Gasteiger partial charge in [-0.15, -0.1) is 0 Å². The summed E-state index contributed by atoms with van der Waals surface area (Å²) in [5.41, 5.74) is 2.51. The maximum atomic E-state index is 12.0. The van der Waals surface area contributed by atoms with Crippen LogP contribution in [-0.4, -0.2) is 60.2 Å². The van der Waals surface area contributed by atoms with Crippen molar-refractivity contribution in [2.75, 3.05) is 43.5 Å². The predicted octanol–water partition coefficient (Wildman–Crippen LogP) is 4.00. The molecule has 0 saturated carbocycles. The Bertz CT molecular complexity index is 1190. The van der Waals surface area contributed by atoms with Crippen molar-refractivity contribution in [1.29, 1.82) is 0 Å². The van der Waals surface area contributed by atoms with Crippen LogP contribution < -0.4 is 15.0 Å². The number of methoxy groups -OCH3 is 1. The van der Waals surface area contributed by atoms with E-state index in [2.05, 4.69) is 21.2 Å². The fourth-order valence-corrected chi connectivity index (χ4v) is 4.29. The molecule has 0 bridgehead atoms. The highest BCUT2D eigenvalue weighted by Gasteiger charge is 2.22. The van der Waals surface area contributed by atoms with Gasteiger partial charge in [-0.05, 0) is 36.8 Å². The molecule has 1 aliphatic heterocycles. The largest absolute Gasteiger partial charge is 0.496 e. The molecule has 8 nitrogen and oxygen atoms in total. The first-order chi connectivity index (χ1) is 16.5. The summed E-state index contributed by atoms with van der Waals surface area (Å²) >= 11 is 0. The number of nitrogens with zero attached hydrogens (tertiary/aromatic N) is 3. The van der Waals surface area contributed by atoms with Gasteiger partial charge in [0.15, 0.2) is 0 Å². The van der Waals surface area contributed by atoms with Gasteiger partial charge in [0, 0.05) is 55.8 Å². The van der Waals surface area contributed by atoms with E-state index >= 15 is 0 Å². The third-order valence-electron chi connectivity index (χ3n) is 6.07. The molecule has 2 heterocycles. The number of carboxylic acids is 1. The number of anilines is 2. The lowest BCUT2D eigenvalue weighted by molar-refractivity contribution is -0.116. The van der Waals surface area contributed by atoms with Gasteiger partial charge < -0.3 is 20.1 Å². The molecule has 2 N–H and O–H groups in total. The number of ether oxygens (including phenoxy) is 1. The number of rotatable bonds is 8.